The number of aromatic nitrogens is 2. The minimum absolute atomic E-state index is 0.0355. The molecule has 2 heterocycles. The summed E-state index contributed by atoms with van der Waals surface area (Å²) in [5.74, 6) is 0.126. The Morgan fingerprint density at radius 1 is 1.07 bits per heavy atom. The number of nitrogens with zero attached hydrogens (tertiary/aromatic N) is 5. The van der Waals surface area contributed by atoms with Crippen molar-refractivity contribution in [1.29, 1.82) is 0 Å². The van der Waals surface area contributed by atoms with Crippen molar-refractivity contribution >= 4 is 23.4 Å². The molecular formula is C19H24F2N6O. The first-order valence-electron chi connectivity index (χ1n) is 9.36. The SMILES string of the molecule is CCN(CC)c1ccc(N2CCN(C(=O)Nc3ccc(F)cc3F)CC2)nn1. The van der Waals surface area contributed by atoms with Crippen molar-refractivity contribution in [1.82, 2.24) is 15.1 Å². The third kappa shape index (κ3) is 4.47. The van der Waals surface area contributed by atoms with E-state index in [9.17, 15) is 13.6 Å². The summed E-state index contributed by atoms with van der Waals surface area (Å²) in [6.07, 6.45) is 0. The number of amides is 2. The molecule has 150 valence electrons. The van der Waals surface area contributed by atoms with Gasteiger partial charge in [0.1, 0.15) is 11.6 Å². The van der Waals surface area contributed by atoms with Crippen LogP contribution in [0.1, 0.15) is 13.8 Å². The number of carbonyl (C=O) groups excluding carboxylic acids is 1. The van der Waals surface area contributed by atoms with E-state index < -0.39 is 17.7 Å². The first kappa shape index (κ1) is 19.8. The van der Waals surface area contributed by atoms with E-state index in [0.29, 0.717) is 26.2 Å². The van der Waals surface area contributed by atoms with Crippen molar-refractivity contribution in [3.05, 3.63) is 42.0 Å². The predicted molar refractivity (Wildman–Crippen MR) is 105 cm³/mol. The Bertz CT molecular complexity index is 805. The molecule has 1 N–H and O–H groups in total. The van der Waals surface area contributed by atoms with Crippen molar-refractivity contribution in [2.75, 3.05) is 54.4 Å². The summed E-state index contributed by atoms with van der Waals surface area (Å²) in [5.41, 5.74) is -0.0355. The summed E-state index contributed by atoms with van der Waals surface area (Å²) >= 11 is 0. The van der Waals surface area contributed by atoms with Gasteiger partial charge in [0.25, 0.3) is 0 Å². The van der Waals surface area contributed by atoms with Gasteiger partial charge in [0.2, 0.25) is 0 Å². The summed E-state index contributed by atoms with van der Waals surface area (Å²) in [7, 11) is 0. The molecule has 7 nitrogen and oxygen atoms in total. The van der Waals surface area contributed by atoms with E-state index in [0.717, 1.165) is 36.9 Å². The lowest BCUT2D eigenvalue weighted by Crippen LogP contribution is -2.50. The number of urea groups is 1. The Morgan fingerprint density at radius 3 is 2.36 bits per heavy atom. The lowest BCUT2D eigenvalue weighted by molar-refractivity contribution is 0.208. The lowest BCUT2D eigenvalue weighted by Gasteiger charge is -2.35. The molecule has 0 aliphatic carbocycles. The summed E-state index contributed by atoms with van der Waals surface area (Å²) in [4.78, 5) is 18.1. The molecule has 1 aliphatic heterocycles. The summed E-state index contributed by atoms with van der Waals surface area (Å²) in [5, 5.41) is 11.1. The lowest BCUT2D eigenvalue weighted by atomic mass is 10.3. The van der Waals surface area contributed by atoms with Gasteiger partial charge in [-0.3, -0.25) is 0 Å². The van der Waals surface area contributed by atoms with E-state index in [4.69, 9.17) is 0 Å². The summed E-state index contributed by atoms with van der Waals surface area (Å²) < 4.78 is 26.7. The van der Waals surface area contributed by atoms with Crippen LogP contribution in [0.2, 0.25) is 0 Å². The quantitative estimate of drug-likeness (QED) is 0.850. The van der Waals surface area contributed by atoms with Crippen LogP contribution in [0.4, 0.5) is 30.9 Å². The number of hydrogen-bond donors (Lipinski definition) is 1. The number of carbonyl (C=O) groups is 1. The van der Waals surface area contributed by atoms with Gasteiger partial charge in [-0.05, 0) is 38.1 Å². The normalized spacial score (nSPS) is 14.1. The van der Waals surface area contributed by atoms with Crippen LogP contribution in [0, 0.1) is 11.6 Å². The van der Waals surface area contributed by atoms with Crippen LogP contribution in [-0.4, -0.2) is 60.4 Å². The smallest absolute Gasteiger partial charge is 0.322 e. The van der Waals surface area contributed by atoms with Gasteiger partial charge in [-0.1, -0.05) is 0 Å². The average Bonchev–Trinajstić information content (AvgIpc) is 2.71. The molecule has 0 spiro atoms. The van der Waals surface area contributed by atoms with Gasteiger partial charge in [-0.15, -0.1) is 10.2 Å². The third-order valence-electron chi connectivity index (χ3n) is 4.79. The zero-order valence-electron chi connectivity index (χ0n) is 16.0. The molecular weight excluding hydrogens is 366 g/mol. The van der Waals surface area contributed by atoms with Crippen LogP contribution in [0.5, 0.6) is 0 Å². The average molecular weight is 390 g/mol. The minimum Gasteiger partial charge on any atom is -0.356 e. The number of hydrogen-bond acceptors (Lipinski definition) is 5. The Balaban J connectivity index is 1.56. The highest BCUT2D eigenvalue weighted by molar-refractivity contribution is 5.89. The zero-order valence-corrected chi connectivity index (χ0v) is 16.0. The van der Waals surface area contributed by atoms with Crippen molar-refractivity contribution < 1.29 is 13.6 Å². The fourth-order valence-electron chi connectivity index (χ4n) is 3.13. The van der Waals surface area contributed by atoms with Gasteiger partial charge in [-0.2, -0.15) is 0 Å². The van der Waals surface area contributed by atoms with Crippen molar-refractivity contribution in [2.45, 2.75) is 13.8 Å². The van der Waals surface area contributed by atoms with Crippen LogP contribution in [-0.2, 0) is 0 Å². The Kier molecular flexibility index (Phi) is 6.23. The molecule has 1 saturated heterocycles. The molecule has 0 bridgehead atoms. The van der Waals surface area contributed by atoms with E-state index in [1.807, 2.05) is 12.1 Å². The second-order valence-electron chi connectivity index (χ2n) is 6.45. The predicted octanol–water partition coefficient (Wildman–Crippen LogP) is 2.96. The van der Waals surface area contributed by atoms with Crippen LogP contribution >= 0.6 is 0 Å². The first-order valence-corrected chi connectivity index (χ1v) is 9.36. The van der Waals surface area contributed by atoms with E-state index >= 15 is 0 Å². The van der Waals surface area contributed by atoms with Crippen molar-refractivity contribution in [2.24, 2.45) is 0 Å². The number of anilines is 3. The maximum absolute atomic E-state index is 13.7. The Labute approximate surface area is 162 Å². The van der Waals surface area contributed by atoms with Gasteiger partial charge in [0.05, 0.1) is 5.69 Å². The third-order valence-corrected chi connectivity index (χ3v) is 4.79. The summed E-state index contributed by atoms with van der Waals surface area (Å²) in [6, 6.07) is 6.54. The van der Waals surface area contributed by atoms with E-state index in [-0.39, 0.29) is 5.69 Å². The first-order chi connectivity index (χ1) is 13.5. The minimum atomic E-state index is -0.796. The van der Waals surface area contributed by atoms with Crippen LogP contribution in [0.15, 0.2) is 30.3 Å². The number of piperazine rings is 1. The monoisotopic (exact) mass is 390 g/mol. The van der Waals surface area contributed by atoms with Gasteiger partial charge in [0, 0.05) is 45.3 Å². The van der Waals surface area contributed by atoms with Crippen LogP contribution in [0.3, 0.4) is 0 Å². The molecule has 1 aromatic heterocycles. The highest BCUT2D eigenvalue weighted by atomic mass is 19.1. The molecule has 2 aromatic rings. The standard InChI is InChI=1S/C19H24F2N6O/c1-3-25(4-2)17-7-8-18(24-23-17)26-9-11-27(12-10-26)19(28)22-16-6-5-14(20)13-15(16)21/h5-8,13H,3-4,9-12H2,1-2H3,(H,22,28). The molecule has 3 rings (SSSR count). The van der Waals surface area contributed by atoms with E-state index in [2.05, 4.69) is 39.2 Å². The topological polar surface area (TPSA) is 64.6 Å². The van der Waals surface area contributed by atoms with Gasteiger partial charge < -0.3 is 20.0 Å². The molecule has 1 aromatic carbocycles. The second kappa shape index (κ2) is 8.81. The molecule has 1 aliphatic rings. The highest BCUT2D eigenvalue weighted by Gasteiger charge is 2.23. The Hall–Kier alpha value is -2.97. The Morgan fingerprint density at radius 2 is 1.79 bits per heavy atom. The van der Waals surface area contributed by atoms with Gasteiger partial charge >= 0.3 is 6.03 Å². The van der Waals surface area contributed by atoms with Crippen molar-refractivity contribution in [3.63, 3.8) is 0 Å². The zero-order chi connectivity index (χ0) is 20.1. The maximum Gasteiger partial charge on any atom is 0.322 e. The molecule has 0 atom stereocenters. The highest BCUT2D eigenvalue weighted by Crippen LogP contribution is 2.18. The number of nitrogens with one attached hydrogen (secondary N) is 1. The number of rotatable bonds is 5. The maximum atomic E-state index is 13.7. The van der Waals surface area contributed by atoms with E-state index in [1.165, 1.54) is 6.07 Å². The molecule has 9 heteroatoms. The molecule has 0 unspecified atom stereocenters. The van der Waals surface area contributed by atoms with Crippen molar-refractivity contribution in [3.8, 4) is 0 Å². The fraction of sp³-hybridized carbons (Fsp3) is 0.421. The molecule has 0 radical (unpaired) electrons. The van der Waals surface area contributed by atoms with Crippen LogP contribution < -0.4 is 15.1 Å². The second-order valence-corrected chi connectivity index (χ2v) is 6.45. The molecule has 0 saturated carbocycles. The van der Waals surface area contributed by atoms with Crippen LogP contribution in [0.25, 0.3) is 0 Å². The number of benzene rings is 1. The molecule has 1 fully saturated rings. The summed E-state index contributed by atoms with van der Waals surface area (Å²) in [6.45, 7) is 8.00. The molecule has 28 heavy (non-hydrogen) atoms. The van der Waals surface area contributed by atoms with E-state index in [1.54, 1.807) is 4.90 Å². The number of halogens is 2. The fourth-order valence-corrected chi connectivity index (χ4v) is 3.13. The largest absolute Gasteiger partial charge is 0.356 e. The molecule has 2 amide bonds. The van der Waals surface area contributed by atoms with Gasteiger partial charge in [-0.25, -0.2) is 13.6 Å². The van der Waals surface area contributed by atoms with Gasteiger partial charge in [0.15, 0.2) is 11.6 Å².